The van der Waals surface area contributed by atoms with E-state index in [9.17, 15) is 9.90 Å². The Morgan fingerprint density at radius 1 is 1.47 bits per heavy atom. The van der Waals surface area contributed by atoms with Crippen LogP contribution in [0.5, 0.6) is 11.5 Å². The number of phenolic OH excluding ortho intramolecular Hbond substituents is 1. The Balaban J connectivity index is 3.01. The van der Waals surface area contributed by atoms with E-state index in [-0.39, 0.29) is 17.1 Å². The molecule has 0 fully saturated rings. The molecule has 0 spiro atoms. The molecule has 0 aromatic heterocycles. The van der Waals surface area contributed by atoms with Crippen molar-refractivity contribution in [3.63, 3.8) is 0 Å². The number of hydrogen-bond donors (Lipinski definition) is 2. The van der Waals surface area contributed by atoms with Crippen molar-refractivity contribution < 1.29 is 14.6 Å². The van der Waals surface area contributed by atoms with E-state index in [0.29, 0.717) is 17.7 Å². The lowest BCUT2D eigenvalue weighted by atomic mass is 10.1. The molecule has 0 heterocycles. The molecular formula is C15H17NO3. The summed E-state index contributed by atoms with van der Waals surface area (Å²) in [5.41, 5.74) is 1.21. The van der Waals surface area contributed by atoms with Crippen molar-refractivity contribution in [2.24, 2.45) is 0 Å². The summed E-state index contributed by atoms with van der Waals surface area (Å²) in [5, 5.41) is 17.1. The Bertz CT molecular complexity index is 544. The zero-order valence-electron chi connectivity index (χ0n) is 11.1. The van der Waals surface area contributed by atoms with Gasteiger partial charge in [0.25, 0.3) is 0 Å². The number of allylic oxidation sites excluding steroid dienone is 1. The molecule has 100 valence electrons. The fourth-order valence-electron chi connectivity index (χ4n) is 1.33. The van der Waals surface area contributed by atoms with Crippen LogP contribution >= 0.6 is 0 Å². The average Bonchev–Trinajstić information content (AvgIpc) is 2.32. The first kappa shape index (κ1) is 14.7. The van der Waals surface area contributed by atoms with E-state index in [2.05, 4.69) is 6.58 Å². The lowest BCUT2D eigenvalue weighted by molar-refractivity contribution is -0.130. The van der Waals surface area contributed by atoms with Gasteiger partial charge in [-0.25, -0.2) is 4.79 Å². The van der Waals surface area contributed by atoms with Crippen molar-refractivity contribution >= 4 is 17.8 Å². The molecular weight excluding hydrogens is 242 g/mol. The third-order valence-corrected chi connectivity index (χ3v) is 2.30. The highest BCUT2D eigenvalue weighted by Crippen LogP contribution is 2.29. The molecule has 4 heteroatoms. The second kappa shape index (κ2) is 6.54. The van der Waals surface area contributed by atoms with Crippen LogP contribution in [0.1, 0.15) is 25.8 Å². The number of carbonyl (C=O) groups excluding carboxylic acids is 1. The summed E-state index contributed by atoms with van der Waals surface area (Å²) in [6, 6.07) is 4.70. The summed E-state index contributed by atoms with van der Waals surface area (Å²) < 4.78 is 5.14. The second-order valence-electron chi connectivity index (χ2n) is 4.25. The van der Waals surface area contributed by atoms with Gasteiger partial charge in [-0.1, -0.05) is 24.8 Å². The Morgan fingerprint density at radius 3 is 2.74 bits per heavy atom. The molecule has 2 N–H and O–H groups in total. The number of phenols is 1. The molecule has 0 aliphatic carbocycles. The summed E-state index contributed by atoms with van der Waals surface area (Å²) in [7, 11) is 0. The summed E-state index contributed by atoms with van der Waals surface area (Å²) in [6.45, 7) is 6.75. The van der Waals surface area contributed by atoms with Gasteiger partial charge in [0.15, 0.2) is 0 Å². The molecule has 0 amide bonds. The van der Waals surface area contributed by atoms with Gasteiger partial charge in [-0.05, 0) is 26.0 Å². The molecule has 1 aromatic rings. The number of benzene rings is 1. The van der Waals surface area contributed by atoms with Crippen molar-refractivity contribution in [2.75, 3.05) is 0 Å². The van der Waals surface area contributed by atoms with Gasteiger partial charge in [0, 0.05) is 17.7 Å². The van der Waals surface area contributed by atoms with Crippen molar-refractivity contribution in [3.05, 3.63) is 42.0 Å². The maximum atomic E-state index is 11.5. The number of esters is 1. The van der Waals surface area contributed by atoms with E-state index >= 15 is 0 Å². The highest BCUT2D eigenvalue weighted by molar-refractivity contribution is 5.89. The Kier molecular flexibility index (Phi) is 5.06. The highest BCUT2D eigenvalue weighted by atomic mass is 16.5. The molecule has 0 aliphatic heterocycles. The van der Waals surface area contributed by atoms with Crippen LogP contribution in [0.25, 0.3) is 6.08 Å². The van der Waals surface area contributed by atoms with Crippen molar-refractivity contribution in [1.29, 1.82) is 5.41 Å². The monoisotopic (exact) mass is 259 g/mol. The minimum Gasteiger partial charge on any atom is -0.507 e. The number of carbonyl (C=O) groups is 1. The van der Waals surface area contributed by atoms with E-state index in [1.807, 2.05) is 0 Å². The predicted molar refractivity (Wildman–Crippen MR) is 75.6 cm³/mol. The van der Waals surface area contributed by atoms with E-state index < -0.39 is 5.97 Å². The van der Waals surface area contributed by atoms with Crippen molar-refractivity contribution in [1.82, 2.24) is 0 Å². The second-order valence-corrected chi connectivity index (χ2v) is 4.25. The summed E-state index contributed by atoms with van der Waals surface area (Å²) in [6.07, 6.45) is 3.84. The topological polar surface area (TPSA) is 70.4 Å². The normalized spacial score (nSPS) is 10.4. The molecule has 4 nitrogen and oxygen atoms in total. The van der Waals surface area contributed by atoms with Crippen LogP contribution in [0.3, 0.4) is 0 Å². The van der Waals surface area contributed by atoms with Gasteiger partial charge in [0.2, 0.25) is 0 Å². The Hall–Kier alpha value is -2.36. The van der Waals surface area contributed by atoms with E-state index in [1.165, 1.54) is 6.07 Å². The maximum Gasteiger partial charge on any atom is 0.338 e. The molecule has 0 radical (unpaired) electrons. The van der Waals surface area contributed by atoms with Crippen LogP contribution in [0.4, 0.5) is 0 Å². The van der Waals surface area contributed by atoms with Gasteiger partial charge in [-0.2, -0.15) is 0 Å². The van der Waals surface area contributed by atoms with Gasteiger partial charge in [-0.3, -0.25) is 0 Å². The zero-order chi connectivity index (χ0) is 14.4. The number of nitrogens with one attached hydrogen (secondary N) is 1. The lowest BCUT2D eigenvalue weighted by Gasteiger charge is -2.08. The molecule has 1 rings (SSSR count). The van der Waals surface area contributed by atoms with Crippen LogP contribution < -0.4 is 4.74 Å². The van der Waals surface area contributed by atoms with E-state index in [0.717, 1.165) is 0 Å². The molecule has 0 aliphatic rings. The van der Waals surface area contributed by atoms with Crippen LogP contribution in [-0.2, 0) is 4.79 Å². The summed E-state index contributed by atoms with van der Waals surface area (Å²) >= 11 is 0. The average molecular weight is 259 g/mol. The smallest absolute Gasteiger partial charge is 0.338 e. The largest absolute Gasteiger partial charge is 0.507 e. The third kappa shape index (κ3) is 4.43. The minimum atomic E-state index is -0.538. The van der Waals surface area contributed by atoms with E-state index in [1.54, 1.807) is 38.1 Å². The maximum absolute atomic E-state index is 11.5. The molecule has 0 atom stereocenters. The van der Waals surface area contributed by atoms with E-state index in [4.69, 9.17) is 10.1 Å². The predicted octanol–water partition coefficient (Wildman–Crippen LogP) is 3.32. The number of hydrogen-bond acceptors (Lipinski definition) is 4. The minimum absolute atomic E-state index is 0.0194. The molecule has 0 saturated carbocycles. The van der Waals surface area contributed by atoms with Crippen LogP contribution in [0.15, 0.2) is 36.4 Å². The lowest BCUT2D eigenvalue weighted by Crippen LogP contribution is -2.09. The summed E-state index contributed by atoms with van der Waals surface area (Å²) in [5.74, 6) is -0.249. The third-order valence-electron chi connectivity index (χ3n) is 2.30. The first-order valence-corrected chi connectivity index (χ1v) is 5.82. The van der Waals surface area contributed by atoms with Gasteiger partial charge < -0.3 is 15.3 Å². The molecule has 0 saturated heterocycles. The first-order chi connectivity index (χ1) is 8.91. The first-order valence-electron chi connectivity index (χ1n) is 5.82. The number of rotatable bonds is 5. The fourth-order valence-corrected chi connectivity index (χ4v) is 1.33. The number of aromatic hydroxyl groups is 1. The molecule has 19 heavy (non-hydrogen) atoms. The van der Waals surface area contributed by atoms with Gasteiger partial charge in [0.1, 0.15) is 11.5 Å². The summed E-state index contributed by atoms with van der Waals surface area (Å²) in [4.78, 5) is 11.5. The van der Waals surface area contributed by atoms with Gasteiger partial charge in [-0.15, -0.1) is 0 Å². The number of ether oxygens (including phenoxy) is 1. The van der Waals surface area contributed by atoms with Crippen molar-refractivity contribution in [2.45, 2.75) is 20.3 Å². The van der Waals surface area contributed by atoms with Crippen LogP contribution in [0, 0.1) is 5.41 Å². The Labute approximate surface area is 112 Å². The fraction of sp³-hybridized carbons (Fsp3) is 0.200. The quantitative estimate of drug-likeness (QED) is 0.369. The SMILES string of the molecule is C=C(C)C(=O)Oc1cccc(O)c1/C=C/CC(C)=N. The van der Waals surface area contributed by atoms with Crippen molar-refractivity contribution in [3.8, 4) is 11.5 Å². The molecule has 0 unspecified atom stereocenters. The zero-order valence-corrected chi connectivity index (χ0v) is 11.1. The van der Waals surface area contributed by atoms with Gasteiger partial charge >= 0.3 is 5.97 Å². The standard InChI is InChI=1S/C15H17NO3/c1-10(2)15(18)19-14-9-5-8-13(17)12(14)7-4-6-11(3)16/h4-5,7-9,16-17H,1,6H2,2-3H3/b7-4+,16-11?. The molecule has 1 aromatic carbocycles. The Morgan fingerprint density at radius 2 is 2.16 bits per heavy atom. The molecule has 0 bridgehead atoms. The van der Waals surface area contributed by atoms with Gasteiger partial charge in [0.05, 0.1) is 5.56 Å². The van der Waals surface area contributed by atoms with Crippen LogP contribution in [-0.4, -0.2) is 16.8 Å². The highest BCUT2D eigenvalue weighted by Gasteiger charge is 2.11. The van der Waals surface area contributed by atoms with Crippen LogP contribution in [0.2, 0.25) is 0 Å².